The summed E-state index contributed by atoms with van der Waals surface area (Å²) in [5.74, 6) is -2.93. The van der Waals surface area contributed by atoms with E-state index in [9.17, 15) is 14.4 Å². The highest BCUT2D eigenvalue weighted by Crippen LogP contribution is 2.18. The Morgan fingerprint density at radius 1 is 1.09 bits per heavy atom. The van der Waals surface area contributed by atoms with Gasteiger partial charge in [0.05, 0.1) is 0 Å². The van der Waals surface area contributed by atoms with Crippen LogP contribution in [0.4, 0.5) is 5.69 Å². The lowest BCUT2D eigenvalue weighted by molar-refractivity contribution is -0.150. The Morgan fingerprint density at radius 2 is 1.64 bits per heavy atom. The minimum absolute atomic E-state index is 0.351. The molecule has 0 aromatic heterocycles. The highest BCUT2D eigenvalue weighted by Gasteiger charge is 2.28. The molecule has 0 spiro atoms. The first-order valence-electron chi connectivity index (χ1n) is 7.06. The first kappa shape index (κ1) is 15.8. The molecule has 1 heterocycles. The van der Waals surface area contributed by atoms with Crippen molar-refractivity contribution in [3.8, 4) is 0 Å². The first-order valence-corrected chi connectivity index (χ1v) is 7.06. The van der Waals surface area contributed by atoms with Crippen LogP contribution in [0, 0.1) is 5.92 Å². The van der Waals surface area contributed by atoms with E-state index in [1.807, 2.05) is 12.1 Å². The number of nitrogens with two attached hydrogens (primary N) is 1. The second-order valence-corrected chi connectivity index (χ2v) is 5.28. The second-order valence-electron chi connectivity index (χ2n) is 5.28. The number of carbonyl (C=O) groups excluding carboxylic acids is 2. The SMILES string of the molecule is C[C@@H](C(=O)O)C(=O)N1CCN(c2ccc(C(N)=O)cc2)CC1. The standard InChI is InChI=1S/C15H19N3O4/c1-10(15(21)22)14(20)18-8-6-17(7-9-18)12-4-2-11(3-5-12)13(16)19/h2-5,10H,6-9H2,1H3,(H2,16,19)(H,21,22)/t10-/m1/s1. The van der Waals surface area contributed by atoms with Gasteiger partial charge in [-0.1, -0.05) is 0 Å². The molecule has 1 aliphatic heterocycles. The molecule has 118 valence electrons. The molecular formula is C15H19N3O4. The van der Waals surface area contributed by atoms with E-state index in [-0.39, 0.29) is 5.91 Å². The van der Waals surface area contributed by atoms with Crippen LogP contribution >= 0.6 is 0 Å². The van der Waals surface area contributed by atoms with E-state index in [2.05, 4.69) is 4.90 Å². The molecule has 1 aromatic carbocycles. The number of amides is 2. The van der Waals surface area contributed by atoms with E-state index in [1.165, 1.54) is 6.92 Å². The van der Waals surface area contributed by atoms with Crippen LogP contribution < -0.4 is 10.6 Å². The van der Waals surface area contributed by atoms with Gasteiger partial charge in [0.1, 0.15) is 5.92 Å². The summed E-state index contributed by atoms with van der Waals surface area (Å²) in [6.45, 7) is 3.60. The molecule has 3 N–H and O–H groups in total. The van der Waals surface area contributed by atoms with Crippen molar-refractivity contribution in [1.82, 2.24) is 4.90 Å². The van der Waals surface area contributed by atoms with Crippen molar-refractivity contribution in [3.63, 3.8) is 0 Å². The number of rotatable bonds is 4. The van der Waals surface area contributed by atoms with Gasteiger partial charge in [-0.25, -0.2) is 0 Å². The third-order valence-electron chi connectivity index (χ3n) is 3.85. The molecule has 0 radical (unpaired) electrons. The van der Waals surface area contributed by atoms with Gasteiger partial charge in [-0.3, -0.25) is 14.4 Å². The Kier molecular flexibility index (Phi) is 4.65. The average Bonchev–Trinajstić information content (AvgIpc) is 2.53. The van der Waals surface area contributed by atoms with Crippen molar-refractivity contribution in [2.24, 2.45) is 11.7 Å². The number of hydrogen-bond donors (Lipinski definition) is 2. The predicted molar refractivity (Wildman–Crippen MR) is 80.6 cm³/mol. The molecular weight excluding hydrogens is 286 g/mol. The smallest absolute Gasteiger partial charge is 0.315 e. The van der Waals surface area contributed by atoms with Crippen molar-refractivity contribution in [3.05, 3.63) is 29.8 Å². The highest BCUT2D eigenvalue weighted by atomic mass is 16.4. The summed E-state index contributed by atoms with van der Waals surface area (Å²) in [7, 11) is 0. The minimum atomic E-state index is -1.10. The first-order chi connectivity index (χ1) is 10.4. The number of carbonyl (C=O) groups is 3. The van der Waals surface area contributed by atoms with Crippen LogP contribution in [0.3, 0.4) is 0 Å². The average molecular weight is 305 g/mol. The Balaban J connectivity index is 1.96. The van der Waals surface area contributed by atoms with Crippen LogP contribution in [0.15, 0.2) is 24.3 Å². The zero-order valence-electron chi connectivity index (χ0n) is 12.4. The van der Waals surface area contributed by atoms with E-state index in [4.69, 9.17) is 10.8 Å². The molecule has 0 aliphatic carbocycles. The van der Waals surface area contributed by atoms with Gasteiger partial charge in [-0.05, 0) is 31.2 Å². The maximum Gasteiger partial charge on any atom is 0.315 e. The van der Waals surface area contributed by atoms with Crippen LogP contribution in [0.1, 0.15) is 17.3 Å². The molecule has 2 amide bonds. The van der Waals surface area contributed by atoms with Crippen LogP contribution in [0.5, 0.6) is 0 Å². The number of benzene rings is 1. The number of nitrogens with zero attached hydrogens (tertiary/aromatic N) is 2. The molecule has 22 heavy (non-hydrogen) atoms. The Hall–Kier alpha value is -2.57. The molecule has 1 fully saturated rings. The van der Waals surface area contributed by atoms with Crippen molar-refractivity contribution in [2.45, 2.75) is 6.92 Å². The van der Waals surface area contributed by atoms with Gasteiger partial charge in [0.15, 0.2) is 0 Å². The normalized spacial score (nSPS) is 16.2. The fraction of sp³-hybridized carbons (Fsp3) is 0.400. The molecule has 1 atom stereocenters. The zero-order chi connectivity index (χ0) is 16.3. The molecule has 0 unspecified atom stereocenters. The van der Waals surface area contributed by atoms with E-state index in [1.54, 1.807) is 17.0 Å². The van der Waals surface area contributed by atoms with Gasteiger partial charge >= 0.3 is 5.97 Å². The molecule has 7 heteroatoms. The largest absolute Gasteiger partial charge is 0.481 e. The lowest BCUT2D eigenvalue weighted by Gasteiger charge is -2.36. The third kappa shape index (κ3) is 3.36. The van der Waals surface area contributed by atoms with Crippen LogP contribution in [-0.2, 0) is 9.59 Å². The Bertz CT molecular complexity index is 577. The number of piperazine rings is 1. The Morgan fingerprint density at radius 3 is 2.09 bits per heavy atom. The molecule has 0 bridgehead atoms. The maximum absolute atomic E-state index is 12.0. The number of aliphatic carboxylic acids is 1. The van der Waals surface area contributed by atoms with Gasteiger partial charge in [0.25, 0.3) is 0 Å². The van der Waals surface area contributed by atoms with E-state index in [0.717, 1.165) is 5.69 Å². The zero-order valence-corrected chi connectivity index (χ0v) is 12.4. The summed E-state index contributed by atoms with van der Waals surface area (Å²) in [4.78, 5) is 37.5. The minimum Gasteiger partial charge on any atom is -0.481 e. The molecule has 2 rings (SSSR count). The van der Waals surface area contributed by atoms with Crippen LogP contribution in [-0.4, -0.2) is 54.0 Å². The summed E-state index contributed by atoms with van der Waals surface area (Å²) >= 11 is 0. The van der Waals surface area contributed by atoms with Crippen molar-refractivity contribution < 1.29 is 19.5 Å². The van der Waals surface area contributed by atoms with Gasteiger partial charge in [-0.15, -0.1) is 0 Å². The summed E-state index contributed by atoms with van der Waals surface area (Å²) in [6.07, 6.45) is 0. The quantitative estimate of drug-likeness (QED) is 0.771. The van der Waals surface area contributed by atoms with Crippen LogP contribution in [0.25, 0.3) is 0 Å². The lowest BCUT2D eigenvalue weighted by atomic mass is 10.1. The number of anilines is 1. The second kappa shape index (κ2) is 6.46. The Labute approximate surface area is 128 Å². The van der Waals surface area contributed by atoms with Crippen molar-refractivity contribution in [1.29, 1.82) is 0 Å². The number of carboxylic acids is 1. The van der Waals surface area contributed by atoms with Gasteiger partial charge in [0.2, 0.25) is 11.8 Å². The number of carboxylic acid groups (broad SMARTS) is 1. The van der Waals surface area contributed by atoms with Crippen LogP contribution in [0.2, 0.25) is 0 Å². The lowest BCUT2D eigenvalue weighted by Crippen LogP contribution is -2.51. The fourth-order valence-electron chi connectivity index (χ4n) is 2.40. The number of hydrogen-bond acceptors (Lipinski definition) is 4. The summed E-state index contributed by atoms with van der Waals surface area (Å²) in [6, 6.07) is 6.97. The number of primary amides is 1. The molecule has 1 aromatic rings. The van der Waals surface area contributed by atoms with Gasteiger partial charge < -0.3 is 20.6 Å². The van der Waals surface area contributed by atoms with Crippen molar-refractivity contribution in [2.75, 3.05) is 31.1 Å². The monoisotopic (exact) mass is 305 g/mol. The molecule has 1 aliphatic rings. The molecule has 0 saturated carbocycles. The van der Waals surface area contributed by atoms with Crippen molar-refractivity contribution >= 4 is 23.5 Å². The predicted octanol–water partition coefficient (Wildman–Crippen LogP) is 0.155. The summed E-state index contributed by atoms with van der Waals surface area (Å²) in [5, 5.41) is 8.89. The topological polar surface area (TPSA) is 104 Å². The fourth-order valence-corrected chi connectivity index (χ4v) is 2.40. The third-order valence-corrected chi connectivity index (χ3v) is 3.85. The highest BCUT2D eigenvalue weighted by molar-refractivity contribution is 5.96. The summed E-state index contributed by atoms with van der Waals surface area (Å²) in [5.41, 5.74) is 6.60. The maximum atomic E-state index is 12.0. The molecule has 1 saturated heterocycles. The molecule has 7 nitrogen and oxygen atoms in total. The summed E-state index contributed by atoms with van der Waals surface area (Å²) < 4.78 is 0. The van der Waals surface area contributed by atoms with E-state index < -0.39 is 17.8 Å². The van der Waals surface area contributed by atoms with E-state index >= 15 is 0 Å². The van der Waals surface area contributed by atoms with Gasteiger partial charge in [-0.2, -0.15) is 0 Å². The van der Waals surface area contributed by atoms with E-state index in [0.29, 0.717) is 31.7 Å². The van der Waals surface area contributed by atoms with Gasteiger partial charge in [0, 0.05) is 37.4 Å².